The average molecular weight is 501 g/mol. The van der Waals surface area contributed by atoms with E-state index in [1.165, 1.54) is 6.92 Å². The van der Waals surface area contributed by atoms with Gasteiger partial charge in [0.1, 0.15) is 5.82 Å². The van der Waals surface area contributed by atoms with E-state index in [4.69, 9.17) is 5.73 Å². The molecule has 9 heteroatoms. The summed E-state index contributed by atoms with van der Waals surface area (Å²) < 4.78 is 0. The first-order chi connectivity index (χ1) is 18.4. The fourth-order valence-corrected chi connectivity index (χ4v) is 4.47. The van der Waals surface area contributed by atoms with E-state index in [1.807, 2.05) is 67.6 Å². The summed E-state index contributed by atoms with van der Waals surface area (Å²) in [5.41, 5.74) is 13.8. The van der Waals surface area contributed by atoms with Gasteiger partial charge in [0.25, 0.3) is 0 Å². The van der Waals surface area contributed by atoms with Gasteiger partial charge in [-0.25, -0.2) is 9.97 Å². The van der Waals surface area contributed by atoms with Gasteiger partial charge in [-0.15, -0.1) is 0 Å². The van der Waals surface area contributed by atoms with Crippen LogP contribution < -0.4 is 16.0 Å². The van der Waals surface area contributed by atoms with Crippen LogP contribution in [0.3, 0.4) is 0 Å². The zero-order valence-electron chi connectivity index (χ0n) is 20.8. The van der Waals surface area contributed by atoms with Gasteiger partial charge in [-0.05, 0) is 73.7 Å². The van der Waals surface area contributed by atoms with Gasteiger partial charge in [0.15, 0.2) is 5.65 Å². The van der Waals surface area contributed by atoms with E-state index in [9.17, 15) is 4.79 Å². The Bertz CT molecular complexity index is 1810. The number of hydrogen-bond donors (Lipinski definition) is 3. The molecule has 4 N–H and O–H groups in total. The summed E-state index contributed by atoms with van der Waals surface area (Å²) in [6.07, 6.45) is 5.11. The molecule has 4 aromatic heterocycles. The molecule has 38 heavy (non-hydrogen) atoms. The second-order valence-electron chi connectivity index (χ2n) is 9.00. The number of aromatic nitrogens is 5. The number of fused-ring (bicyclic) bond motifs is 2. The fraction of sp³-hybridized carbons (Fsp3) is 0.0690. The minimum absolute atomic E-state index is 0.121. The summed E-state index contributed by atoms with van der Waals surface area (Å²) in [5.74, 6) is 0.566. The summed E-state index contributed by atoms with van der Waals surface area (Å²) >= 11 is 0. The smallest absolute Gasteiger partial charge is 0.228 e. The Morgan fingerprint density at radius 3 is 2.53 bits per heavy atom. The van der Waals surface area contributed by atoms with Crippen LogP contribution >= 0.6 is 0 Å². The summed E-state index contributed by atoms with van der Waals surface area (Å²) in [4.78, 5) is 35.3. The van der Waals surface area contributed by atoms with Crippen LogP contribution in [0.15, 0.2) is 85.3 Å². The molecule has 2 aromatic carbocycles. The summed E-state index contributed by atoms with van der Waals surface area (Å²) in [5, 5.41) is 4.40. The van der Waals surface area contributed by atoms with Crippen molar-refractivity contribution in [2.45, 2.75) is 13.8 Å². The third-order valence-corrected chi connectivity index (χ3v) is 6.24. The van der Waals surface area contributed by atoms with Crippen molar-refractivity contribution in [3.63, 3.8) is 0 Å². The molecule has 0 spiro atoms. The minimum Gasteiger partial charge on any atom is -0.399 e. The third kappa shape index (κ3) is 4.37. The first-order valence-corrected chi connectivity index (χ1v) is 12.1. The highest BCUT2D eigenvalue weighted by atomic mass is 16.2. The summed E-state index contributed by atoms with van der Waals surface area (Å²) in [6, 6.07) is 21.1. The van der Waals surface area contributed by atoms with Gasteiger partial charge in [0.05, 0.1) is 28.6 Å². The molecule has 1 amide bonds. The highest BCUT2D eigenvalue weighted by molar-refractivity contribution is 6.00. The van der Waals surface area contributed by atoms with Crippen molar-refractivity contribution < 1.29 is 4.79 Å². The summed E-state index contributed by atoms with van der Waals surface area (Å²) in [6.45, 7) is 3.41. The van der Waals surface area contributed by atoms with Crippen LogP contribution in [-0.4, -0.2) is 30.8 Å². The number of hydrogen-bond acceptors (Lipinski definition) is 7. The van der Waals surface area contributed by atoms with Gasteiger partial charge in [-0.3, -0.25) is 19.7 Å². The molecule has 4 heterocycles. The normalized spacial score (nSPS) is 11.1. The first kappa shape index (κ1) is 23.1. The lowest BCUT2D eigenvalue weighted by atomic mass is 10.1. The molecule has 6 aromatic rings. The van der Waals surface area contributed by atoms with Crippen molar-refractivity contribution >= 4 is 56.4 Å². The Hall–Kier alpha value is -5.31. The SMILES string of the molecule is CC(=O)N(c1ccnc(C)c1)c1cnc2nc(-c3ccc(Nc4ccnc5ccc(N)cc45)cc3)[nH]c2c1. The zero-order valence-corrected chi connectivity index (χ0v) is 20.8. The lowest BCUT2D eigenvalue weighted by Crippen LogP contribution is -2.23. The molecule has 0 aliphatic heterocycles. The van der Waals surface area contributed by atoms with Crippen LogP contribution in [0.25, 0.3) is 33.5 Å². The minimum atomic E-state index is -0.121. The van der Waals surface area contributed by atoms with E-state index in [0.717, 1.165) is 44.7 Å². The fourth-order valence-electron chi connectivity index (χ4n) is 4.47. The monoisotopic (exact) mass is 500 g/mol. The second-order valence-corrected chi connectivity index (χ2v) is 9.00. The molecule has 0 unspecified atom stereocenters. The van der Waals surface area contributed by atoms with Gasteiger partial charge >= 0.3 is 0 Å². The van der Waals surface area contributed by atoms with Crippen molar-refractivity contribution in [1.29, 1.82) is 0 Å². The summed E-state index contributed by atoms with van der Waals surface area (Å²) in [7, 11) is 0. The number of imidazole rings is 1. The lowest BCUT2D eigenvalue weighted by Gasteiger charge is -2.21. The van der Waals surface area contributed by atoms with E-state index >= 15 is 0 Å². The highest BCUT2D eigenvalue weighted by Gasteiger charge is 2.17. The number of benzene rings is 2. The number of amides is 1. The van der Waals surface area contributed by atoms with Crippen molar-refractivity contribution in [1.82, 2.24) is 24.9 Å². The number of carbonyl (C=O) groups excluding carboxylic acids is 1. The number of nitrogens with one attached hydrogen (secondary N) is 2. The molecule has 0 atom stereocenters. The van der Waals surface area contributed by atoms with E-state index in [2.05, 4.69) is 30.2 Å². The molecular formula is C29H24N8O. The van der Waals surface area contributed by atoms with Crippen molar-refractivity contribution in [2.75, 3.05) is 16.0 Å². The Morgan fingerprint density at radius 1 is 0.921 bits per heavy atom. The van der Waals surface area contributed by atoms with E-state index < -0.39 is 0 Å². The van der Waals surface area contributed by atoms with Crippen molar-refractivity contribution in [3.8, 4) is 11.4 Å². The number of nitrogens with zero attached hydrogens (tertiary/aromatic N) is 5. The Labute approximate surface area is 218 Å². The molecule has 0 bridgehead atoms. The van der Waals surface area contributed by atoms with Gasteiger partial charge in [0, 0.05) is 53.0 Å². The quantitative estimate of drug-likeness (QED) is 0.252. The first-order valence-electron chi connectivity index (χ1n) is 12.1. The van der Waals surface area contributed by atoms with E-state index in [0.29, 0.717) is 22.8 Å². The molecule has 9 nitrogen and oxygen atoms in total. The van der Waals surface area contributed by atoms with Gasteiger partial charge in [0.2, 0.25) is 5.91 Å². The second kappa shape index (κ2) is 9.29. The standard InChI is InChI=1S/C29H24N8O/c1-17-13-22(9-11-31-17)37(18(2)38)23-15-27-29(33-16-23)36-28(35-27)19-3-6-21(7-4-19)34-26-10-12-32-25-8-5-20(30)14-24(25)26/h3-16H,30H2,1-2H3,(H,32,34)(H,33,35,36). The topological polar surface area (TPSA) is 126 Å². The van der Waals surface area contributed by atoms with E-state index in [-0.39, 0.29) is 5.91 Å². The Morgan fingerprint density at radius 2 is 1.74 bits per heavy atom. The molecule has 6 rings (SSSR count). The highest BCUT2D eigenvalue weighted by Crippen LogP contribution is 2.30. The van der Waals surface area contributed by atoms with Crippen molar-refractivity contribution in [2.24, 2.45) is 0 Å². The molecule has 0 saturated heterocycles. The number of anilines is 5. The number of nitrogens with two attached hydrogens (primary N) is 1. The largest absolute Gasteiger partial charge is 0.399 e. The third-order valence-electron chi connectivity index (χ3n) is 6.24. The number of aryl methyl sites for hydroxylation is 1. The van der Waals surface area contributed by atoms with Crippen LogP contribution in [0.2, 0.25) is 0 Å². The number of carbonyl (C=O) groups is 1. The molecule has 0 fully saturated rings. The number of aromatic amines is 1. The zero-order chi connectivity index (χ0) is 26.2. The predicted octanol–water partition coefficient (Wildman–Crippen LogP) is 5.89. The molecule has 0 radical (unpaired) electrons. The van der Waals surface area contributed by atoms with Crippen LogP contribution in [0.4, 0.5) is 28.4 Å². The van der Waals surface area contributed by atoms with Crippen LogP contribution in [-0.2, 0) is 4.79 Å². The van der Waals surface area contributed by atoms with Gasteiger partial charge in [-0.1, -0.05) is 0 Å². The number of rotatable bonds is 5. The van der Waals surface area contributed by atoms with Crippen LogP contribution in [0, 0.1) is 6.92 Å². The molecule has 186 valence electrons. The maximum absolute atomic E-state index is 12.5. The number of nitrogen functional groups attached to an aromatic ring is 1. The Balaban J connectivity index is 1.28. The number of H-pyrrole nitrogens is 1. The molecule has 0 aliphatic carbocycles. The molecule has 0 saturated carbocycles. The molecular weight excluding hydrogens is 476 g/mol. The van der Waals surface area contributed by atoms with Gasteiger partial charge in [-0.2, -0.15) is 0 Å². The van der Waals surface area contributed by atoms with Crippen molar-refractivity contribution in [3.05, 3.63) is 91.0 Å². The maximum Gasteiger partial charge on any atom is 0.228 e. The maximum atomic E-state index is 12.5. The Kier molecular flexibility index (Phi) is 5.65. The average Bonchev–Trinajstić information content (AvgIpc) is 3.33. The van der Waals surface area contributed by atoms with Crippen LogP contribution in [0.5, 0.6) is 0 Å². The lowest BCUT2D eigenvalue weighted by molar-refractivity contribution is -0.115. The van der Waals surface area contributed by atoms with Gasteiger partial charge < -0.3 is 16.0 Å². The van der Waals surface area contributed by atoms with Crippen LogP contribution in [0.1, 0.15) is 12.6 Å². The predicted molar refractivity (Wildman–Crippen MR) is 151 cm³/mol. The number of pyridine rings is 3. The van der Waals surface area contributed by atoms with E-state index in [1.54, 1.807) is 29.6 Å². The molecule has 0 aliphatic rings.